The standard InChI is InChI=1S/C16H19BrN2/c1-2-8-19-16(14-6-9-18-10-7-14)12-13-4-3-5-15(17)11-13/h3-7,9-11,16,19H,2,8,12H2,1H3. The molecule has 0 spiro atoms. The van der Waals surface area contributed by atoms with Crippen LogP contribution in [0.3, 0.4) is 0 Å². The molecule has 2 rings (SSSR count). The number of halogens is 1. The van der Waals surface area contributed by atoms with E-state index in [4.69, 9.17) is 0 Å². The van der Waals surface area contributed by atoms with Crippen molar-refractivity contribution in [3.8, 4) is 0 Å². The fraction of sp³-hybridized carbons (Fsp3) is 0.312. The van der Waals surface area contributed by atoms with Gasteiger partial charge in [-0.25, -0.2) is 0 Å². The second kappa shape index (κ2) is 7.41. The van der Waals surface area contributed by atoms with Crippen molar-refractivity contribution < 1.29 is 0 Å². The molecule has 0 aliphatic rings. The highest BCUT2D eigenvalue weighted by Gasteiger charge is 2.11. The van der Waals surface area contributed by atoms with E-state index in [2.05, 4.69) is 69.6 Å². The summed E-state index contributed by atoms with van der Waals surface area (Å²) >= 11 is 3.53. The van der Waals surface area contributed by atoms with Crippen LogP contribution in [0.1, 0.15) is 30.5 Å². The van der Waals surface area contributed by atoms with Gasteiger partial charge >= 0.3 is 0 Å². The van der Waals surface area contributed by atoms with Gasteiger partial charge < -0.3 is 5.32 Å². The predicted octanol–water partition coefficient (Wildman–Crippen LogP) is 4.13. The van der Waals surface area contributed by atoms with Crippen molar-refractivity contribution in [1.29, 1.82) is 0 Å². The molecule has 1 heterocycles. The number of benzene rings is 1. The van der Waals surface area contributed by atoms with Gasteiger partial charge in [0, 0.05) is 22.9 Å². The average Bonchev–Trinajstić information content (AvgIpc) is 2.44. The highest BCUT2D eigenvalue weighted by molar-refractivity contribution is 9.10. The van der Waals surface area contributed by atoms with E-state index >= 15 is 0 Å². The Labute approximate surface area is 123 Å². The van der Waals surface area contributed by atoms with Gasteiger partial charge in [0.15, 0.2) is 0 Å². The Morgan fingerprint density at radius 1 is 1.21 bits per heavy atom. The van der Waals surface area contributed by atoms with E-state index < -0.39 is 0 Å². The second-order valence-corrected chi connectivity index (χ2v) is 5.54. The first-order chi connectivity index (χ1) is 9.29. The zero-order valence-electron chi connectivity index (χ0n) is 11.1. The molecular weight excluding hydrogens is 300 g/mol. The van der Waals surface area contributed by atoms with Crippen LogP contribution in [0.5, 0.6) is 0 Å². The maximum atomic E-state index is 4.09. The van der Waals surface area contributed by atoms with Crippen LogP contribution in [0.4, 0.5) is 0 Å². The van der Waals surface area contributed by atoms with Gasteiger partial charge in [-0.1, -0.05) is 35.0 Å². The first-order valence-electron chi connectivity index (χ1n) is 6.67. The topological polar surface area (TPSA) is 24.9 Å². The van der Waals surface area contributed by atoms with Crippen molar-refractivity contribution in [3.05, 3.63) is 64.4 Å². The summed E-state index contributed by atoms with van der Waals surface area (Å²) in [5.41, 5.74) is 2.63. The average molecular weight is 319 g/mol. The molecule has 0 saturated carbocycles. The van der Waals surface area contributed by atoms with Gasteiger partial charge in [0.1, 0.15) is 0 Å². The summed E-state index contributed by atoms with van der Waals surface area (Å²) in [6.45, 7) is 3.22. The smallest absolute Gasteiger partial charge is 0.0361 e. The second-order valence-electron chi connectivity index (χ2n) is 4.62. The molecule has 1 atom stereocenters. The largest absolute Gasteiger partial charge is 0.310 e. The van der Waals surface area contributed by atoms with Gasteiger partial charge in [-0.15, -0.1) is 0 Å². The number of aromatic nitrogens is 1. The first kappa shape index (κ1) is 14.2. The molecule has 1 unspecified atom stereocenters. The molecule has 0 radical (unpaired) electrons. The molecule has 1 N–H and O–H groups in total. The molecule has 19 heavy (non-hydrogen) atoms. The minimum Gasteiger partial charge on any atom is -0.310 e. The zero-order chi connectivity index (χ0) is 13.5. The third kappa shape index (κ3) is 4.44. The highest BCUT2D eigenvalue weighted by Crippen LogP contribution is 2.20. The molecule has 0 amide bonds. The Kier molecular flexibility index (Phi) is 5.55. The van der Waals surface area contributed by atoms with E-state index in [1.807, 2.05) is 12.4 Å². The summed E-state index contributed by atoms with van der Waals surface area (Å²) in [6, 6.07) is 13.0. The predicted molar refractivity (Wildman–Crippen MR) is 83.1 cm³/mol. The van der Waals surface area contributed by atoms with Crippen molar-refractivity contribution >= 4 is 15.9 Å². The van der Waals surface area contributed by atoms with E-state index in [0.717, 1.165) is 23.9 Å². The maximum Gasteiger partial charge on any atom is 0.0361 e. The van der Waals surface area contributed by atoms with Crippen molar-refractivity contribution in [2.24, 2.45) is 0 Å². The first-order valence-corrected chi connectivity index (χ1v) is 7.46. The molecule has 2 aromatic rings. The number of nitrogens with one attached hydrogen (secondary N) is 1. The molecule has 0 aliphatic carbocycles. The fourth-order valence-corrected chi connectivity index (χ4v) is 2.57. The summed E-state index contributed by atoms with van der Waals surface area (Å²) in [6.07, 6.45) is 5.84. The Morgan fingerprint density at radius 3 is 2.68 bits per heavy atom. The summed E-state index contributed by atoms with van der Waals surface area (Å²) in [7, 11) is 0. The van der Waals surface area contributed by atoms with E-state index in [1.165, 1.54) is 11.1 Å². The van der Waals surface area contributed by atoms with Gasteiger partial charge in [-0.3, -0.25) is 4.98 Å². The third-order valence-corrected chi connectivity index (χ3v) is 3.57. The Morgan fingerprint density at radius 2 is 2.00 bits per heavy atom. The molecule has 2 nitrogen and oxygen atoms in total. The van der Waals surface area contributed by atoms with Crippen LogP contribution < -0.4 is 5.32 Å². The summed E-state index contributed by atoms with van der Waals surface area (Å²) in [4.78, 5) is 4.09. The van der Waals surface area contributed by atoms with E-state index in [-0.39, 0.29) is 0 Å². The molecule has 1 aromatic carbocycles. The van der Waals surface area contributed by atoms with Crippen molar-refractivity contribution in [3.63, 3.8) is 0 Å². The fourth-order valence-electron chi connectivity index (χ4n) is 2.12. The van der Waals surface area contributed by atoms with Crippen LogP contribution in [-0.2, 0) is 6.42 Å². The molecule has 3 heteroatoms. The van der Waals surface area contributed by atoms with Crippen molar-refractivity contribution in [1.82, 2.24) is 10.3 Å². The van der Waals surface area contributed by atoms with Gasteiger partial charge in [0.05, 0.1) is 0 Å². The summed E-state index contributed by atoms with van der Waals surface area (Å²) in [5, 5.41) is 3.61. The monoisotopic (exact) mass is 318 g/mol. The maximum absolute atomic E-state index is 4.09. The lowest BCUT2D eigenvalue weighted by atomic mass is 9.99. The molecule has 0 saturated heterocycles. The Bertz CT molecular complexity index is 499. The summed E-state index contributed by atoms with van der Waals surface area (Å²) < 4.78 is 1.13. The van der Waals surface area contributed by atoms with Crippen LogP contribution in [0.25, 0.3) is 0 Å². The van der Waals surface area contributed by atoms with Gasteiger partial charge in [0.25, 0.3) is 0 Å². The number of pyridine rings is 1. The van der Waals surface area contributed by atoms with Crippen LogP contribution in [-0.4, -0.2) is 11.5 Å². The zero-order valence-corrected chi connectivity index (χ0v) is 12.7. The highest BCUT2D eigenvalue weighted by atomic mass is 79.9. The van der Waals surface area contributed by atoms with Gasteiger partial charge in [0.2, 0.25) is 0 Å². The van der Waals surface area contributed by atoms with Crippen LogP contribution in [0, 0.1) is 0 Å². The van der Waals surface area contributed by atoms with Gasteiger partial charge in [-0.2, -0.15) is 0 Å². The van der Waals surface area contributed by atoms with Crippen LogP contribution in [0.2, 0.25) is 0 Å². The molecule has 0 aliphatic heterocycles. The molecule has 1 aromatic heterocycles. The molecule has 0 bridgehead atoms. The lowest BCUT2D eigenvalue weighted by molar-refractivity contribution is 0.529. The van der Waals surface area contributed by atoms with Gasteiger partial charge in [-0.05, 0) is 54.8 Å². The molecular formula is C16H19BrN2. The number of rotatable bonds is 6. The number of hydrogen-bond donors (Lipinski definition) is 1. The third-order valence-electron chi connectivity index (χ3n) is 3.08. The molecule has 100 valence electrons. The Hall–Kier alpha value is -1.19. The van der Waals surface area contributed by atoms with Crippen molar-refractivity contribution in [2.45, 2.75) is 25.8 Å². The van der Waals surface area contributed by atoms with Crippen LogP contribution >= 0.6 is 15.9 Å². The molecule has 0 fully saturated rings. The Balaban J connectivity index is 2.14. The van der Waals surface area contributed by atoms with E-state index in [1.54, 1.807) is 0 Å². The van der Waals surface area contributed by atoms with Crippen molar-refractivity contribution in [2.75, 3.05) is 6.54 Å². The van der Waals surface area contributed by atoms with Crippen LogP contribution in [0.15, 0.2) is 53.3 Å². The minimum absolute atomic E-state index is 0.345. The normalized spacial score (nSPS) is 12.3. The number of nitrogens with zero attached hydrogens (tertiary/aromatic N) is 1. The summed E-state index contributed by atoms with van der Waals surface area (Å²) in [5.74, 6) is 0. The lowest BCUT2D eigenvalue weighted by Gasteiger charge is -2.19. The number of hydrogen-bond acceptors (Lipinski definition) is 2. The lowest BCUT2D eigenvalue weighted by Crippen LogP contribution is -2.24. The van der Waals surface area contributed by atoms with E-state index in [9.17, 15) is 0 Å². The minimum atomic E-state index is 0.345. The SMILES string of the molecule is CCCNC(Cc1cccc(Br)c1)c1ccncc1. The quantitative estimate of drug-likeness (QED) is 0.866. The van der Waals surface area contributed by atoms with E-state index in [0.29, 0.717) is 6.04 Å².